The van der Waals surface area contributed by atoms with Gasteiger partial charge in [-0.1, -0.05) is 37.7 Å². The Hall–Kier alpha value is -2.84. The average molecular weight is 461 g/mol. The van der Waals surface area contributed by atoms with E-state index in [1.54, 1.807) is 7.11 Å². The highest BCUT2D eigenvalue weighted by Gasteiger charge is 2.44. The number of carbonyl (C=O) groups is 1. The molecule has 3 saturated heterocycles. The van der Waals surface area contributed by atoms with E-state index in [0.717, 1.165) is 48.1 Å². The topological polar surface area (TPSA) is 51.7 Å². The maximum absolute atomic E-state index is 12.2. The number of nitrogens with zero attached hydrogens (tertiary/aromatic N) is 2. The van der Waals surface area contributed by atoms with Crippen LogP contribution in [-0.4, -0.2) is 42.1 Å². The van der Waals surface area contributed by atoms with E-state index >= 15 is 0 Å². The molecule has 0 amide bonds. The quantitative estimate of drug-likeness (QED) is 0.287. The number of methoxy groups -OCH3 is 1. The van der Waals surface area contributed by atoms with E-state index in [1.165, 1.54) is 32.6 Å². The molecule has 2 bridgehead atoms. The van der Waals surface area contributed by atoms with Crippen LogP contribution >= 0.6 is 0 Å². The zero-order valence-corrected chi connectivity index (χ0v) is 20.6. The van der Waals surface area contributed by atoms with Crippen LogP contribution in [0.15, 0.2) is 42.6 Å². The third-order valence-corrected chi connectivity index (χ3v) is 7.22. The van der Waals surface area contributed by atoms with Gasteiger partial charge in [0.1, 0.15) is 11.9 Å². The number of ether oxygens (including phenoxy) is 2. The first kappa shape index (κ1) is 24.3. The van der Waals surface area contributed by atoms with E-state index in [1.807, 2.05) is 30.5 Å². The summed E-state index contributed by atoms with van der Waals surface area (Å²) in [5.74, 6) is 8.11. The Balaban J connectivity index is 1.54. The minimum absolute atomic E-state index is 0.157. The SMILES string of the molecule is CCCCCC#C/C=C\[C@H]1CN2CC[C@H]1C[C@H]2[C@H](OC(C)=O)c1ccnc2ccc(OC)cc12. The maximum Gasteiger partial charge on any atom is 0.303 e. The summed E-state index contributed by atoms with van der Waals surface area (Å²) in [6.07, 6.45) is 12.7. The summed E-state index contributed by atoms with van der Waals surface area (Å²) in [4.78, 5) is 19.2. The Morgan fingerprint density at radius 2 is 2.21 bits per heavy atom. The molecule has 3 aliphatic heterocycles. The fourth-order valence-corrected chi connectivity index (χ4v) is 5.46. The van der Waals surface area contributed by atoms with Crippen LogP contribution in [0.5, 0.6) is 5.75 Å². The van der Waals surface area contributed by atoms with Gasteiger partial charge in [0.25, 0.3) is 0 Å². The molecule has 1 unspecified atom stereocenters. The van der Waals surface area contributed by atoms with Gasteiger partial charge in [-0.3, -0.25) is 14.7 Å². The maximum atomic E-state index is 12.2. The summed E-state index contributed by atoms with van der Waals surface area (Å²) in [6, 6.07) is 8.01. The largest absolute Gasteiger partial charge is 0.497 e. The van der Waals surface area contributed by atoms with Crippen LogP contribution in [0, 0.1) is 23.7 Å². The molecule has 0 N–H and O–H groups in total. The zero-order valence-electron chi connectivity index (χ0n) is 20.6. The van der Waals surface area contributed by atoms with Gasteiger partial charge in [-0.05, 0) is 68.0 Å². The first-order valence-corrected chi connectivity index (χ1v) is 12.6. The first-order valence-electron chi connectivity index (χ1n) is 12.6. The zero-order chi connectivity index (χ0) is 23.9. The second-order valence-electron chi connectivity index (χ2n) is 9.46. The minimum Gasteiger partial charge on any atom is -0.497 e. The molecule has 5 heteroatoms. The van der Waals surface area contributed by atoms with Crippen molar-refractivity contribution in [3.05, 3.63) is 48.2 Å². The normalized spacial score (nSPS) is 24.6. The number of benzene rings is 1. The standard InChI is InChI=1S/C29H36N2O3/c1-4-5-6-7-8-9-10-11-23-20-31-17-15-22(23)18-28(31)29(34-21(2)32)25-14-16-30-27-13-12-24(33-3)19-26(25)27/h10-14,16,19,22-23,28-29H,4-7,15,17-18,20H2,1-3H3/b11-10-/t22-,23-,28-,29+/m0/s1. The summed E-state index contributed by atoms with van der Waals surface area (Å²) in [6.45, 7) is 5.73. The van der Waals surface area contributed by atoms with Gasteiger partial charge in [-0.2, -0.15) is 0 Å². The number of aromatic nitrogens is 1. The second-order valence-corrected chi connectivity index (χ2v) is 9.46. The number of carbonyl (C=O) groups excluding carboxylic acids is 1. The Morgan fingerprint density at radius 3 is 2.94 bits per heavy atom. The van der Waals surface area contributed by atoms with Crippen molar-refractivity contribution in [3.8, 4) is 17.6 Å². The number of pyridine rings is 1. The number of hydrogen-bond donors (Lipinski definition) is 0. The molecule has 3 fully saturated rings. The third kappa shape index (κ3) is 5.62. The van der Waals surface area contributed by atoms with Gasteiger partial charge in [-0.25, -0.2) is 0 Å². The smallest absolute Gasteiger partial charge is 0.303 e. The van der Waals surface area contributed by atoms with Crippen LogP contribution in [0.1, 0.15) is 64.0 Å². The molecule has 4 heterocycles. The van der Waals surface area contributed by atoms with E-state index < -0.39 is 0 Å². The van der Waals surface area contributed by atoms with E-state index in [4.69, 9.17) is 9.47 Å². The lowest BCUT2D eigenvalue weighted by Crippen LogP contribution is -2.55. The summed E-state index contributed by atoms with van der Waals surface area (Å²) in [5.41, 5.74) is 1.88. The third-order valence-electron chi connectivity index (χ3n) is 7.22. The molecule has 5 nitrogen and oxygen atoms in total. The van der Waals surface area contributed by atoms with Crippen molar-refractivity contribution in [2.45, 2.75) is 64.5 Å². The van der Waals surface area contributed by atoms with E-state index in [0.29, 0.717) is 11.8 Å². The van der Waals surface area contributed by atoms with Crippen molar-refractivity contribution in [2.24, 2.45) is 11.8 Å². The molecule has 5 atom stereocenters. The molecule has 5 rings (SSSR count). The van der Waals surface area contributed by atoms with Crippen molar-refractivity contribution in [1.29, 1.82) is 0 Å². The molecule has 180 valence electrons. The van der Waals surface area contributed by atoms with E-state index in [2.05, 4.69) is 40.8 Å². The minimum atomic E-state index is -0.332. The molecular weight excluding hydrogens is 424 g/mol. The Kier molecular flexibility index (Phi) is 8.24. The number of piperidine rings is 3. The molecule has 2 aromatic rings. The number of allylic oxidation sites excluding steroid dienone is 1. The van der Waals surface area contributed by atoms with Crippen molar-refractivity contribution in [2.75, 3.05) is 20.2 Å². The summed E-state index contributed by atoms with van der Waals surface area (Å²) < 4.78 is 11.5. The highest BCUT2D eigenvalue weighted by Crippen LogP contribution is 2.43. The molecular formula is C29H36N2O3. The predicted molar refractivity (Wildman–Crippen MR) is 135 cm³/mol. The number of fused-ring (bicyclic) bond motifs is 4. The molecule has 0 radical (unpaired) electrons. The van der Waals surface area contributed by atoms with Crippen LogP contribution in [0.4, 0.5) is 0 Å². The van der Waals surface area contributed by atoms with Gasteiger partial charge in [0.2, 0.25) is 0 Å². The van der Waals surface area contributed by atoms with Crippen LogP contribution < -0.4 is 4.74 Å². The molecule has 1 aromatic carbocycles. The molecule has 3 aliphatic rings. The Morgan fingerprint density at radius 1 is 1.32 bits per heavy atom. The van der Waals surface area contributed by atoms with Crippen LogP contribution in [0.25, 0.3) is 10.9 Å². The van der Waals surface area contributed by atoms with Crippen molar-refractivity contribution >= 4 is 16.9 Å². The van der Waals surface area contributed by atoms with Crippen LogP contribution in [-0.2, 0) is 9.53 Å². The highest BCUT2D eigenvalue weighted by molar-refractivity contribution is 5.84. The van der Waals surface area contributed by atoms with Crippen LogP contribution in [0.3, 0.4) is 0 Å². The molecule has 1 aromatic heterocycles. The van der Waals surface area contributed by atoms with Gasteiger partial charge in [0.05, 0.1) is 18.7 Å². The summed E-state index contributed by atoms with van der Waals surface area (Å²) >= 11 is 0. The number of unbranched alkanes of at least 4 members (excludes halogenated alkanes) is 3. The predicted octanol–water partition coefficient (Wildman–Crippen LogP) is 5.70. The van der Waals surface area contributed by atoms with Crippen molar-refractivity contribution < 1.29 is 14.3 Å². The molecule has 0 spiro atoms. The highest BCUT2D eigenvalue weighted by atomic mass is 16.5. The van der Waals surface area contributed by atoms with Crippen LogP contribution in [0.2, 0.25) is 0 Å². The number of esters is 1. The van der Waals surface area contributed by atoms with Gasteiger partial charge >= 0.3 is 5.97 Å². The average Bonchev–Trinajstić information content (AvgIpc) is 2.86. The first-order chi connectivity index (χ1) is 16.6. The van der Waals surface area contributed by atoms with E-state index in [-0.39, 0.29) is 18.1 Å². The van der Waals surface area contributed by atoms with Gasteiger partial charge in [-0.15, -0.1) is 0 Å². The van der Waals surface area contributed by atoms with E-state index in [9.17, 15) is 4.79 Å². The lowest BCUT2D eigenvalue weighted by atomic mass is 9.73. The fourth-order valence-electron chi connectivity index (χ4n) is 5.46. The van der Waals surface area contributed by atoms with Crippen molar-refractivity contribution in [1.82, 2.24) is 9.88 Å². The molecule has 34 heavy (non-hydrogen) atoms. The van der Waals surface area contributed by atoms with Gasteiger partial charge < -0.3 is 9.47 Å². The van der Waals surface area contributed by atoms with Crippen molar-refractivity contribution in [3.63, 3.8) is 0 Å². The molecule has 0 saturated carbocycles. The number of rotatable bonds is 8. The monoisotopic (exact) mass is 460 g/mol. The summed E-state index contributed by atoms with van der Waals surface area (Å²) in [5, 5.41) is 0.977. The van der Waals surface area contributed by atoms with Gasteiger partial charge in [0.15, 0.2) is 0 Å². The van der Waals surface area contributed by atoms with Gasteiger partial charge in [0, 0.05) is 37.0 Å². The fraction of sp³-hybridized carbons (Fsp3) is 0.517. The lowest BCUT2D eigenvalue weighted by Gasteiger charge is -2.51. The Labute approximate surface area is 203 Å². The number of hydrogen-bond acceptors (Lipinski definition) is 5. The summed E-state index contributed by atoms with van der Waals surface area (Å²) in [7, 11) is 1.66. The molecule has 0 aliphatic carbocycles. The lowest BCUT2D eigenvalue weighted by molar-refractivity contribution is -0.154. The second kappa shape index (κ2) is 11.5. The Bertz CT molecular complexity index is 1080.